The summed E-state index contributed by atoms with van der Waals surface area (Å²) < 4.78 is 43.6. The van der Waals surface area contributed by atoms with Gasteiger partial charge in [-0.2, -0.15) is 13.2 Å². The van der Waals surface area contributed by atoms with Gasteiger partial charge in [0.25, 0.3) is 5.91 Å². The summed E-state index contributed by atoms with van der Waals surface area (Å²) in [4.78, 5) is 15.6. The van der Waals surface area contributed by atoms with E-state index in [1.807, 2.05) is 0 Å². The Kier molecular flexibility index (Phi) is 3.87. The Labute approximate surface area is 113 Å². The number of carbonyl (C=O) groups excluding carboxylic acids is 1. The zero-order chi connectivity index (χ0) is 14.8. The summed E-state index contributed by atoms with van der Waals surface area (Å²) in [6.07, 6.45) is 2.09. The highest BCUT2D eigenvalue weighted by molar-refractivity contribution is 5.95. The Hall–Kier alpha value is -2.18. The van der Waals surface area contributed by atoms with Gasteiger partial charge in [0.15, 0.2) is 6.23 Å². The van der Waals surface area contributed by atoms with Gasteiger partial charge >= 0.3 is 6.18 Å². The predicted octanol–water partition coefficient (Wildman–Crippen LogP) is 2.92. The van der Waals surface area contributed by atoms with Crippen LogP contribution in [-0.2, 0) is 10.9 Å². The number of allylic oxidation sites excluding steroid dienone is 2. The van der Waals surface area contributed by atoms with Gasteiger partial charge in [0.05, 0.1) is 11.8 Å². The van der Waals surface area contributed by atoms with Gasteiger partial charge in [0.1, 0.15) is 5.69 Å². The van der Waals surface area contributed by atoms with Crippen LogP contribution in [0.25, 0.3) is 0 Å². The highest BCUT2D eigenvalue weighted by Gasteiger charge is 2.38. The molecule has 1 unspecified atom stereocenters. The zero-order valence-corrected chi connectivity index (χ0v) is 10.6. The maximum Gasteiger partial charge on any atom is 0.432 e. The van der Waals surface area contributed by atoms with E-state index < -0.39 is 29.6 Å². The van der Waals surface area contributed by atoms with E-state index >= 15 is 0 Å². The summed E-state index contributed by atoms with van der Waals surface area (Å²) in [6.45, 7) is 1.90. The van der Waals surface area contributed by atoms with E-state index in [2.05, 4.69) is 4.98 Å². The molecule has 0 saturated heterocycles. The fourth-order valence-corrected chi connectivity index (χ4v) is 1.93. The van der Waals surface area contributed by atoms with Gasteiger partial charge in [-0.25, -0.2) is 0 Å². The van der Waals surface area contributed by atoms with Crippen molar-refractivity contribution < 1.29 is 22.7 Å². The second-order valence-electron chi connectivity index (χ2n) is 4.10. The van der Waals surface area contributed by atoms with Crippen molar-refractivity contribution >= 4 is 5.91 Å². The third kappa shape index (κ3) is 2.71. The molecule has 0 aliphatic carbocycles. The lowest BCUT2D eigenvalue weighted by Gasteiger charge is -2.29. The average molecular weight is 286 g/mol. The lowest BCUT2D eigenvalue weighted by Crippen LogP contribution is -2.41. The van der Waals surface area contributed by atoms with Crippen LogP contribution in [0.4, 0.5) is 13.2 Å². The summed E-state index contributed by atoms with van der Waals surface area (Å²) in [7, 11) is 0. The predicted molar refractivity (Wildman–Crippen MR) is 65.7 cm³/mol. The first-order valence-electron chi connectivity index (χ1n) is 5.99. The second-order valence-corrected chi connectivity index (χ2v) is 4.10. The summed E-state index contributed by atoms with van der Waals surface area (Å²) in [6, 6.07) is 1.12. The number of hydrogen-bond acceptors (Lipinski definition) is 2. The standard InChI is InChI=1S/C13H13F3N2O2/c1-2-18(10-5-3-4-8-20-10)12(19)9-6-7-17-11(9)13(14,15)16/h3-8,10,17H,2H2,1H3. The molecule has 0 spiro atoms. The molecule has 108 valence electrons. The van der Waals surface area contributed by atoms with Crippen molar-refractivity contribution in [2.75, 3.05) is 6.54 Å². The van der Waals surface area contributed by atoms with Crippen molar-refractivity contribution in [1.29, 1.82) is 0 Å². The van der Waals surface area contributed by atoms with Crippen LogP contribution >= 0.6 is 0 Å². The van der Waals surface area contributed by atoms with Crippen molar-refractivity contribution in [3.8, 4) is 0 Å². The molecule has 0 bridgehead atoms. The molecule has 1 aliphatic rings. The average Bonchev–Trinajstić information content (AvgIpc) is 2.90. The number of rotatable bonds is 3. The van der Waals surface area contributed by atoms with Gasteiger partial charge < -0.3 is 9.72 Å². The van der Waals surface area contributed by atoms with Crippen molar-refractivity contribution in [3.05, 3.63) is 48.0 Å². The Balaban J connectivity index is 2.28. The minimum Gasteiger partial charge on any atom is -0.474 e. The highest BCUT2D eigenvalue weighted by Crippen LogP contribution is 2.31. The first-order valence-corrected chi connectivity index (χ1v) is 5.99. The molecular formula is C13H13F3N2O2. The highest BCUT2D eigenvalue weighted by atomic mass is 19.4. The number of amides is 1. The van der Waals surface area contributed by atoms with Crippen LogP contribution < -0.4 is 0 Å². The molecule has 4 nitrogen and oxygen atoms in total. The molecule has 20 heavy (non-hydrogen) atoms. The maximum atomic E-state index is 12.8. The summed E-state index contributed by atoms with van der Waals surface area (Å²) in [5.41, 5.74) is -1.46. The van der Waals surface area contributed by atoms with Gasteiger partial charge in [-0.1, -0.05) is 6.08 Å². The van der Waals surface area contributed by atoms with E-state index in [-0.39, 0.29) is 6.54 Å². The molecule has 0 fully saturated rings. The molecule has 0 radical (unpaired) electrons. The first kappa shape index (κ1) is 14.2. The van der Waals surface area contributed by atoms with Crippen molar-refractivity contribution in [2.45, 2.75) is 19.3 Å². The minimum absolute atomic E-state index is 0.226. The summed E-state index contributed by atoms with van der Waals surface area (Å²) >= 11 is 0. The second kappa shape index (κ2) is 5.44. The molecule has 1 aromatic heterocycles. The van der Waals surface area contributed by atoms with E-state index in [4.69, 9.17) is 4.74 Å². The van der Waals surface area contributed by atoms with Crippen LogP contribution in [0, 0.1) is 0 Å². The van der Waals surface area contributed by atoms with Gasteiger partial charge in [0.2, 0.25) is 0 Å². The third-order valence-electron chi connectivity index (χ3n) is 2.85. The third-order valence-corrected chi connectivity index (χ3v) is 2.85. The number of H-pyrrole nitrogens is 1. The van der Waals surface area contributed by atoms with Crippen LogP contribution in [0.5, 0.6) is 0 Å². The molecular weight excluding hydrogens is 273 g/mol. The molecule has 2 rings (SSSR count). The number of nitrogens with zero attached hydrogens (tertiary/aromatic N) is 1. The van der Waals surface area contributed by atoms with Gasteiger partial charge in [-0.05, 0) is 25.1 Å². The zero-order valence-electron chi connectivity index (χ0n) is 10.6. The SMILES string of the molecule is CCN(C(=O)c1cc[nH]c1C(F)(F)F)C1C=CC=CO1. The molecule has 1 amide bonds. The number of hydrogen-bond donors (Lipinski definition) is 1. The number of aromatic amines is 1. The Morgan fingerprint density at radius 1 is 1.45 bits per heavy atom. The number of likely N-dealkylation sites (N-methyl/N-ethyl adjacent to an activating group) is 1. The normalized spacial score (nSPS) is 17.9. The lowest BCUT2D eigenvalue weighted by atomic mass is 10.2. The number of aromatic nitrogens is 1. The molecule has 1 N–H and O–H groups in total. The Bertz CT molecular complexity index is 546. The topological polar surface area (TPSA) is 45.3 Å². The molecule has 2 heterocycles. The fraction of sp³-hybridized carbons (Fsp3) is 0.308. The largest absolute Gasteiger partial charge is 0.474 e. The van der Waals surface area contributed by atoms with Crippen molar-refractivity contribution in [2.24, 2.45) is 0 Å². The number of nitrogens with one attached hydrogen (secondary N) is 1. The number of carbonyl (C=O) groups is 1. The lowest BCUT2D eigenvalue weighted by molar-refractivity contribution is -0.141. The van der Waals surface area contributed by atoms with Gasteiger partial charge in [-0.15, -0.1) is 0 Å². The van der Waals surface area contributed by atoms with Crippen LogP contribution in [0.2, 0.25) is 0 Å². The molecule has 1 atom stereocenters. The van der Waals surface area contributed by atoms with Crippen LogP contribution in [0.3, 0.4) is 0 Å². The van der Waals surface area contributed by atoms with Crippen molar-refractivity contribution in [1.82, 2.24) is 9.88 Å². The Morgan fingerprint density at radius 3 is 2.75 bits per heavy atom. The molecule has 7 heteroatoms. The smallest absolute Gasteiger partial charge is 0.432 e. The van der Waals surface area contributed by atoms with E-state index in [9.17, 15) is 18.0 Å². The summed E-state index contributed by atoms with van der Waals surface area (Å²) in [5.74, 6) is -0.731. The van der Waals surface area contributed by atoms with Crippen LogP contribution in [0.1, 0.15) is 23.0 Å². The summed E-state index contributed by atoms with van der Waals surface area (Å²) in [5, 5.41) is 0. The minimum atomic E-state index is -4.60. The first-order chi connectivity index (χ1) is 9.45. The number of alkyl halides is 3. The monoisotopic (exact) mass is 286 g/mol. The van der Waals surface area contributed by atoms with Crippen LogP contribution in [0.15, 0.2) is 36.8 Å². The maximum absolute atomic E-state index is 12.8. The van der Waals surface area contributed by atoms with Gasteiger partial charge in [-0.3, -0.25) is 9.69 Å². The van der Waals surface area contributed by atoms with Crippen LogP contribution in [-0.4, -0.2) is 28.6 Å². The van der Waals surface area contributed by atoms with Crippen molar-refractivity contribution in [3.63, 3.8) is 0 Å². The quantitative estimate of drug-likeness (QED) is 0.928. The Morgan fingerprint density at radius 2 is 2.20 bits per heavy atom. The van der Waals surface area contributed by atoms with Gasteiger partial charge in [0, 0.05) is 12.7 Å². The van der Waals surface area contributed by atoms with E-state index in [0.717, 1.165) is 12.3 Å². The molecule has 1 aliphatic heterocycles. The molecule has 0 aromatic carbocycles. The van der Waals surface area contributed by atoms with E-state index in [0.29, 0.717) is 0 Å². The number of halogens is 3. The van der Waals surface area contributed by atoms with E-state index in [1.165, 1.54) is 11.2 Å². The number of ether oxygens (including phenoxy) is 1. The fourth-order valence-electron chi connectivity index (χ4n) is 1.93. The molecule has 1 aromatic rings. The molecule has 0 saturated carbocycles. The van der Waals surface area contributed by atoms with E-state index in [1.54, 1.807) is 25.2 Å².